The molecule has 1 nitrogen and oxygen atoms in total. The van der Waals surface area contributed by atoms with E-state index >= 15 is 0 Å². The van der Waals surface area contributed by atoms with Crippen LogP contribution < -0.4 is 0 Å². The van der Waals surface area contributed by atoms with Crippen molar-refractivity contribution < 1.29 is 0 Å². The van der Waals surface area contributed by atoms with Crippen LogP contribution in [0.15, 0.2) is 60.7 Å². The van der Waals surface area contributed by atoms with Crippen LogP contribution >= 0.6 is 0 Å². The lowest BCUT2D eigenvalue weighted by atomic mass is 9.85. The van der Waals surface area contributed by atoms with Gasteiger partial charge in [0.1, 0.15) is 0 Å². The van der Waals surface area contributed by atoms with Crippen molar-refractivity contribution in [1.29, 1.82) is 0 Å². The molecule has 124 valence electrons. The second-order valence-electron chi connectivity index (χ2n) is 7.54. The largest absolute Gasteiger partial charge is 0.300 e. The zero-order valence-corrected chi connectivity index (χ0v) is 14.8. The molecule has 2 unspecified atom stereocenters. The van der Waals surface area contributed by atoms with Crippen LogP contribution in [0.3, 0.4) is 0 Å². The smallest absolute Gasteiger partial charge is 0.0101 e. The fourth-order valence-electron chi connectivity index (χ4n) is 4.66. The molecule has 0 radical (unpaired) electrons. The Balaban J connectivity index is 1.72. The SMILES string of the molecule is Cc1ccccc1/C(=C/C1CC2CCC(C1)N2C)c1ccccc1. The summed E-state index contributed by atoms with van der Waals surface area (Å²) in [7, 11) is 2.32. The molecule has 2 saturated heterocycles. The zero-order chi connectivity index (χ0) is 16.5. The van der Waals surface area contributed by atoms with Crippen molar-refractivity contribution in [3.63, 3.8) is 0 Å². The van der Waals surface area contributed by atoms with Crippen LogP contribution in [0.4, 0.5) is 0 Å². The van der Waals surface area contributed by atoms with Crippen molar-refractivity contribution in [2.45, 2.75) is 44.7 Å². The second kappa shape index (κ2) is 6.57. The molecule has 4 rings (SSSR count). The van der Waals surface area contributed by atoms with Crippen LogP contribution in [0, 0.1) is 12.8 Å². The Morgan fingerprint density at radius 1 is 0.917 bits per heavy atom. The Morgan fingerprint density at radius 3 is 2.21 bits per heavy atom. The van der Waals surface area contributed by atoms with E-state index in [9.17, 15) is 0 Å². The van der Waals surface area contributed by atoms with E-state index < -0.39 is 0 Å². The van der Waals surface area contributed by atoms with Gasteiger partial charge >= 0.3 is 0 Å². The van der Waals surface area contributed by atoms with Gasteiger partial charge in [-0.2, -0.15) is 0 Å². The first kappa shape index (κ1) is 15.7. The molecule has 24 heavy (non-hydrogen) atoms. The number of fused-ring (bicyclic) bond motifs is 2. The predicted octanol–water partition coefficient (Wildman–Crippen LogP) is 5.30. The van der Waals surface area contributed by atoms with Crippen LogP contribution in [0.1, 0.15) is 42.4 Å². The summed E-state index contributed by atoms with van der Waals surface area (Å²) in [6, 6.07) is 21.3. The molecule has 2 aliphatic rings. The third-order valence-electron chi connectivity index (χ3n) is 6.06. The number of aryl methyl sites for hydroxylation is 1. The first-order valence-corrected chi connectivity index (χ1v) is 9.27. The van der Waals surface area contributed by atoms with Gasteiger partial charge in [0.05, 0.1) is 0 Å². The van der Waals surface area contributed by atoms with Gasteiger partial charge in [-0.1, -0.05) is 60.7 Å². The highest BCUT2D eigenvalue weighted by Gasteiger charge is 2.37. The van der Waals surface area contributed by atoms with Gasteiger partial charge in [-0.15, -0.1) is 0 Å². The molecule has 2 aromatic carbocycles. The van der Waals surface area contributed by atoms with Crippen molar-refractivity contribution in [2.24, 2.45) is 5.92 Å². The van der Waals surface area contributed by atoms with E-state index in [1.54, 1.807) is 0 Å². The minimum absolute atomic E-state index is 0.702. The lowest BCUT2D eigenvalue weighted by molar-refractivity contribution is 0.152. The summed E-state index contributed by atoms with van der Waals surface area (Å²) in [5, 5.41) is 0. The lowest BCUT2D eigenvalue weighted by Gasteiger charge is -2.35. The summed E-state index contributed by atoms with van der Waals surface area (Å²) in [4.78, 5) is 2.63. The fourth-order valence-corrected chi connectivity index (χ4v) is 4.66. The Morgan fingerprint density at radius 2 is 1.54 bits per heavy atom. The van der Waals surface area contributed by atoms with Crippen molar-refractivity contribution in [1.82, 2.24) is 4.90 Å². The van der Waals surface area contributed by atoms with E-state index in [1.807, 2.05) is 0 Å². The van der Waals surface area contributed by atoms with E-state index in [0.717, 1.165) is 12.1 Å². The monoisotopic (exact) mass is 317 g/mol. The van der Waals surface area contributed by atoms with Crippen LogP contribution in [-0.2, 0) is 0 Å². The van der Waals surface area contributed by atoms with Gasteiger partial charge < -0.3 is 4.90 Å². The average molecular weight is 317 g/mol. The molecule has 0 amide bonds. The lowest BCUT2D eigenvalue weighted by Crippen LogP contribution is -2.39. The molecule has 2 atom stereocenters. The van der Waals surface area contributed by atoms with Crippen molar-refractivity contribution in [3.8, 4) is 0 Å². The Bertz CT molecular complexity index is 717. The van der Waals surface area contributed by atoms with Crippen LogP contribution in [0.2, 0.25) is 0 Å². The number of piperidine rings is 1. The number of nitrogens with zero attached hydrogens (tertiary/aromatic N) is 1. The van der Waals surface area contributed by atoms with Gasteiger partial charge in [0.15, 0.2) is 0 Å². The molecular formula is C23H27N. The minimum atomic E-state index is 0.702. The van der Waals surface area contributed by atoms with E-state index in [0.29, 0.717) is 5.92 Å². The molecule has 0 saturated carbocycles. The van der Waals surface area contributed by atoms with Gasteiger partial charge in [0, 0.05) is 12.1 Å². The highest BCUT2D eigenvalue weighted by molar-refractivity contribution is 5.81. The molecule has 0 spiro atoms. The molecule has 2 heterocycles. The van der Waals surface area contributed by atoms with E-state index in [4.69, 9.17) is 0 Å². The molecule has 0 aromatic heterocycles. The summed E-state index contributed by atoms with van der Waals surface area (Å²) in [6.07, 6.45) is 7.98. The van der Waals surface area contributed by atoms with Crippen molar-refractivity contribution in [2.75, 3.05) is 7.05 Å². The third kappa shape index (κ3) is 2.93. The molecule has 2 aromatic rings. The summed E-state index contributed by atoms with van der Waals surface area (Å²) in [6.45, 7) is 2.23. The zero-order valence-electron chi connectivity index (χ0n) is 14.8. The first-order valence-electron chi connectivity index (χ1n) is 9.27. The predicted molar refractivity (Wildman–Crippen MR) is 102 cm³/mol. The summed E-state index contributed by atoms with van der Waals surface area (Å²) < 4.78 is 0. The number of benzene rings is 2. The Kier molecular flexibility index (Phi) is 4.28. The maximum atomic E-state index is 2.63. The van der Waals surface area contributed by atoms with Crippen LogP contribution in [-0.4, -0.2) is 24.0 Å². The number of allylic oxidation sites excluding steroid dienone is 1. The highest BCUT2D eigenvalue weighted by Crippen LogP contribution is 2.40. The minimum Gasteiger partial charge on any atom is -0.300 e. The van der Waals surface area contributed by atoms with Gasteiger partial charge in [0.2, 0.25) is 0 Å². The molecule has 2 bridgehead atoms. The van der Waals surface area contributed by atoms with E-state index in [1.165, 1.54) is 47.9 Å². The summed E-state index contributed by atoms with van der Waals surface area (Å²) in [5.74, 6) is 0.702. The van der Waals surface area contributed by atoms with E-state index in [-0.39, 0.29) is 0 Å². The van der Waals surface area contributed by atoms with Crippen molar-refractivity contribution in [3.05, 3.63) is 77.4 Å². The van der Waals surface area contributed by atoms with Gasteiger partial charge in [-0.3, -0.25) is 0 Å². The molecule has 2 fully saturated rings. The standard InChI is InChI=1S/C23H27N/c1-17-8-6-7-11-22(17)23(19-9-4-3-5-10-19)16-18-14-20-12-13-21(15-18)24(20)2/h3-11,16,18,20-21H,12-15H2,1-2H3/b23-16+. The Labute approximate surface area is 146 Å². The quantitative estimate of drug-likeness (QED) is 0.742. The molecule has 2 aliphatic heterocycles. The summed E-state index contributed by atoms with van der Waals surface area (Å²) >= 11 is 0. The first-order chi connectivity index (χ1) is 11.7. The molecule has 0 N–H and O–H groups in total. The summed E-state index contributed by atoms with van der Waals surface area (Å²) in [5.41, 5.74) is 5.51. The van der Waals surface area contributed by atoms with Gasteiger partial charge in [-0.05, 0) is 67.8 Å². The molecule has 0 aliphatic carbocycles. The van der Waals surface area contributed by atoms with E-state index in [2.05, 4.69) is 79.5 Å². The second-order valence-corrected chi connectivity index (χ2v) is 7.54. The van der Waals surface area contributed by atoms with Crippen LogP contribution in [0.25, 0.3) is 5.57 Å². The van der Waals surface area contributed by atoms with Gasteiger partial charge in [-0.25, -0.2) is 0 Å². The topological polar surface area (TPSA) is 3.24 Å². The fraction of sp³-hybridized carbons (Fsp3) is 0.391. The van der Waals surface area contributed by atoms with Gasteiger partial charge in [0.25, 0.3) is 0 Å². The molecule has 1 heteroatoms. The average Bonchev–Trinajstić information content (AvgIpc) is 2.83. The third-order valence-corrected chi connectivity index (χ3v) is 6.06. The maximum absolute atomic E-state index is 2.63. The Hall–Kier alpha value is -1.86. The maximum Gasteiger partial charge on any atom is 0.0101 e. The number of hydrogen-bond acceptors (Lipinski definition) is 1. The van der Waals surface area contributed by atoms with Crippen LogP contribution in [0.5, 0.6) is 0 Å². The number of hydrogen-bond donors (Lipinski definition) is 0. The molecular weight excluding hydrogens is 290 g/mol. The normalized spacial score (nSPS) is 27.4. The van der Waals surface area contributed by atoms with Crippen molar-refractivity contribution >= 4 is 5.57 Å². The number of rotatable bonds is 3. The highest BCUT2D eigenvalue weighted by atomic mass is 15.2.